The van der Waals surface area contributed by atoms with E-state index in [9.17, 15) is 14.3 Å². The van der Waals surface area contributed by atoms with Crippen LogP contribution in [0.5, 0.6) is 5.75 Å². The highest BCUT2D eigenvalue weighted by atomic mass is 19.1. The van der Waals surface area contributed by atoms with Crippen molar-refractivity contribution in [2.24, 2.45) is 5.73 Å². The molecule has 8 heteroatoms. The van der Waals surface area contributed by atoms with Crippen LogP contribution in [0.1, 0.15) is 30.0 Å². The van der Waals surface area contributed by atoms with Gasteiger partial charge in [-0.1, -0.05) is 54.6 Å². The number of aryl methyl sites for hydroxylation is 1. The number of aromatic hydroxyl groups is 1. The van der Waals surface area contributed by atoms with Gasteiger partial charge in [-0.2, -0.15) is 5.26 Å². The second-order valence-electron chi connectivity index (χ2n) is 10.0. The number of nitrogens with two attached hydrogens (primary N) is 1. The fourth-order valence-corrected chi connectivity index (χ4v) is 4.38. The van der Waals surface area contributed by atoms with Gasteiger partial charge in [-0.25, -0.2) is 4.39 Å². The standard InChI is InChI=1S/C25H29N3O2.C7H7FO.CH5N/c1-19(2)16-28(25(30)18-27-12-11-24(29)17-27)13-10-20-6-8-22(9-7-20)23-5-3-4-21(14-23)15-26;1-5-2-3-6(8)7(9)4-5;1-2/h3-9,14,24,29H,1,10-13,16-18H2,2H3;2-4,9H,1H3;2H2,1H3. The average Bonchev–Trinajstić information content (AvgIpc) is 3.38. The number of aliphatic hydroxyl groups is 1. The van der Waals surface area contributed by atoms with Gasteiger partial charge in [0.15, 0.2) is 11.6 Å². The zero-order chi connectivity index (χ0) is 30.4. The molecule has 1 aliphatic heterocycles. The molecule has 3 aromatic carbocycles. The first-order valence-corrected chi connectivity index (χ1v) is 13.6. The Morgan fingerprint density at radius 1 is 1.15 bits per heavy atom. The molecule has 4 N–H and O–H groups in total. The van der Waals surface area contributed by atoms with Crippen LogP contribution in [0, 0.1) is 24.1 Å². The number of halogens is 1. The SMILES string of the molecule is C=C(C)CN(CCc1ccc(-c2cccc(C#N)c2)cc1)C(=O)CN1CCC(O)C1.CN.Cc1ccc(F)c(O)c1. The Bertz CT molecular complexity index is 1320. The third-order valence-corrected chi connectivity index (χ3v) is 6.47. The lowest BCUT2D eigenvalue weighted by atomic mass is 10.0. The number of carbonyl (C=O) groups excluding carboxylic acids is 1. The Morgan fingerprint density at radius 3 is 2.41 bits per heavy atom. The van der Waals surface area contributed by atoms with Crippen LogP contribution in [0.4, 0.5) is 4.39 Å². The summed E-state index contributed by atoms with van der Waals surface area (Å²) in [4.78, 5) is 16.7. The number of hydrogen-bond donors (Lipinski definition) is 3. The number of rotatable bonds is 8. The fourth-order valence-electron chi connectivity index (χ4n) is 4.38. The van der Waals surface area contributed by atoms with Gasteiger partial charge in [0, 0.05) is 26.2 Å². The number of nitrogens with zero attached hydrogens (tertiary/aromatic N) is 3. The molecule has 1 saturated heterocycles. The van der Waals surface area contributed by atoms with E-state index in [1.54, 1.807) is 19.1 Å². The summed E-state index contributed by atoms with van der Waals surface area (Å²) in [5.41, 5.74) is 10.2. The maximum atomic E-state index is 12.8. The molecule has 0 aromatic heterocycles. The first-order valence-electron chi connectivity index (χ1n) is 13.6. The first-order chi connectivity index (χ1) is 19.6. The number of phenols is 1. The van der Waals surface area contributed by atoms with Gasteiger partial charge in [0.05, 0.1) is 24.3 Å². The number of aliphatic hydroxyl groups excluding tert-OH is 1. The molecule has 0 radical (unpaired) electrons. The van der Waals surface area contributed by atoms with E-state index in [0.29, 0.717) is 31.7 Å². The van der Waals surface area contributed by atoms with Crippen LogP contribution in [0.15, 0.2) is 78.9 Å². The Labute approximate surface area is 243 Å². The number of benzene rings is 3. The van der Waals surface area contributed by atoms with Gasteiger partial charge in [0.1, 0.15) is 0 Å². The van der Waals surface area contributed by atoms with Gasteiger partial charge in [-0.05, 0) is 80.3 Å². The van der Waals surface area contributed by atoms with Crippen molar-refractivity contribution >= 4 is 5.91 Å². The molecule has 41 heavy (non-hydrogen) atoms. The normalized spacial score (nSPS) is 14.1. The maximum Gasteiger partial charge on any atom is 0.237 e. The van der Waals surface area contributed by atoms with E-state index in [4.69, 9.17) is 10.4 Å². The first kappa shape index (κ1) is 33.2. The van der Waals surface area contributed by atoms with Gasteiger partial charge < -0.3 is 20.8 Å². The van der Waals surface area contributed by atoms with Crippen molar-refractivity contribution in [2.75, 3.05) is 39.8 Å². The summed E-state index contributed by atoms with van der Waals surface area (Å²) >= 11 is 0. The second-order valence-corrected chi connectivity index (χ2v) is 10.0. The van der Waals surface area contributed by atoms with E-state index < -0.39 is 5.82 Å². The summed E-state index contributed by atoms with van der Waals surface area (Å²) in [6, 6.07) is 22.3. The summed E-state index contributed by atoms with van der Waals surface area (Å²) in [6.45, 7) is 10.6. The molecule has 1 heterocycles. The van der Waals surface area contributed by atoms with Gasteiger partial charge in [-0.15, -0.1) is 0 Å². The second kappa shape index (κ2) is 16.9. The predicted octanol–water partition coefficient (Wildman–Crippen LogP) is 4.65. The number of carbonyl (C=O) groups is 1. The molecule has 0 bridgehead atoms. The third kappa shape index (κ3) is 11.2. The summed E-state index contributed by atoms with van der Waals surface area (Å²) < 4.78 is 12.2. The Kier molecular flexibility index (Phi) is 13.7. The summed E-state index contributed by atoms with van der Waals surface area (Å²) in [7, 11) is 1.50. The minimum absolute atomic E-state index is 0.0806. The monoisotopic (exact) mass is 560 g/mol. The lowest BCUT2D eigenvalue weighted by Crippen LogP contribution is -2.41. The minimum Gasteiger partial charge on any atom is -0.505 e. The molecule has 0 spiro atoms. The van der Waals surface area contributed by atoms with Crippen LogP contribution in [0.3, 0.4) is 0 Å². The van der Waals surface area contributed by atoms with Crippen molar-refractivity contribution in [3.8, 4) is 22.9 Å². The van der Waals surface area contributed by atoms with Crippen molar-refractivity contribution in [1.82, 2.24) is 9.80 Å². The van der Waals surface area contributed by atoms with E-state index >= 15 is 0 Å². The van der Waals surface area contributed by atoms with Gasteiger partial charge in [0.25, 0.3) is 0 Å². The zero-order valence-electron chi connectivity index (χ0n) is 24.2. The number of nitriles is 1. The summed E-state index contributed by atoms with van der Waals surface area (Å²) in [5, 5.41) is 27.5. The third-order valence-electron chi connectivity index (χ3n) is 6.47. The molecular formula is C33H41FN4O3. The highest BCUT2D eigenvalue weighted by Gasteiger charge is 2.24. The molecule has 1 aliphatic rings. The summed E-state index contributed by atoms with van der Waals surface area (Å²) in [6.07, 6.45) is 1.18. The van der Waals surface area contributed by atoms with E-state index in [-0.39, 0.29) is 17.8 Å². The minimum atomic E-state index is -0.569. The topological polar surface area (TPSA) is 114 Å². The molecule has 4 rings (SSSR count). The Balaban J connectivity index is 0.000000450. The largest absolute Gasteiger partial charge is 0.505 e. The molecular weight excluding hydrogens is 519 g/mol. The lowest BCUT2D eigenvalue weighted by Gasteiger charge is -2.25. The molecule has 3 aromatic rings. The maximum absolute atomic E-state index is 12.8. The van der Waals surface area contributed by atoms with E-state index in [2.05, 4.69) is 42.6 Å². The molecule has 7 nitrogen and oxygen atoms in total. The number of β-amino-alcohol motifs (C(OH)–C–C–N with tert-alkyl or cyclic N) is 1. The van der Waals surface area contributed by atoms with Gasteiger partial charge in [-0.3, -0.25) is 9.69 Å². The van der Waals surface area contributed by atoms with Crippen molar-refractivity contribution in [2.45, 2.75) is 32.8 Å². The molecule has 1 unspecified atom stereocenters. The van der Waals surface area contributed by atoms with Gasteiger partial charge in [0.2, 0.25) is 5.91 Å². The van der Waals surface area contributed by atoms with Crippen molar-refractivity contribution < 1.29 is 19.4 Å². The van der Waals surface area contributed by atoms with Crippen LogP contribution in [0.25, 0.3) is 11.1 Å². The van der Waals surface area contributed by atoms with Crippen LogP contribution in [0.2, 0.25) is 0 Å². The highest BCUT2D eigenvalue weighted by Crippen LogP contribution is 2.21. The average molecular weight is 561 g/mol. The van der Waals surface area contributed by atoms with Crippen LogP contribution in [-0.4, -0.2) is 71.8 Å². The van der Waals surface area contributed by atoms with Crippen LogP contribution in [-0.2, 0) is 11.2 Å². The fraction of sp³-hybridized carbons (Fsp3) is 0.333. The van der Waals surface area contributed by atoms with E-state index in [0.717, 1.165) is 47.2 Å². The molecule has 218 valence electrons. The molecule has 0 aliphatic carbocycles. The van der Waals surface area contributed by atoms with Crippen molar-refractivity contribution in [3.63, 3.8) is 0 Å². The van der Waals surface area contributed by atoms with E-state index in [1.807, 2.05) is 34.9 Å². The molecule has 1 atom stereocenters. The number of likely N-dealkylation sites (tertiary alicyclic amines) is 1. The number of hydrogen-bond acceptors (Lipinski definition) is 6. The molecule has 1 fully saturated rings. The highest BCUT2D eigenvalue weighted by molar-refractivity contribution is 5.78. The smallest absolute Gasteiger partial charge is 0.237 e. The zero-order valence-corrected chi connectivity index (χ0v) is 24.2. The quantitative estimate of drug-likeness (QED) is 0.346. The number of phenolic OH excluding ortho intramolecular Hbond substituents is 1. The van der Waals surface area contributed by atoms with Crippen LogP contribution < -0.4 is 5.73 Å². The van der Waals surface area contributed by atoms with Gasteiger partial charge >= 0.3 is 0 Å². The molecule has 1 amide bonds. The van der Waals surface area contributed by atoms with E-state index in [1.165, 1.54) is 19.2 Å². The lowest BCUT2D eigenvalue weighted by molar-refractivity contribution is -0.131. The van der Waals surface area contributed by atoms with Crippen LogP contribution >= 0.6 is 0 Å². The molecule has 0 saturated carbocycles. The summed E-state index contributed by atoms with van der Waals surface area (Å²) in [5.74, 6) is -0.771. The number of amides is 1. The van der Waals surface area contributed by atoms with Crippen molar-refractivity contribution in [1.29, 1.82) is 5.26 Å². The predicted molar refractivity (Wildman–Crippen MR) is 162 cm³/mol. The Hall–Kier alpha value is -4.03. The Morgan fingerprint density at radius 2 is 1.85 bits per heavy atom. The van der Waals surface area contributed by atoms with Crippen molar-refractivity contribution in [3.05, 3.63) is 101 Å².